The highest BCUT2D eigenvalue weighted by atomic mass is 79.9. The van der Waals surface area contributed by atoms with Gasteiger partial charge < -0.3 is 4.74 Å². The number of nitrogens with zero attached hydrogens (tertiary/aromatic N) is 3. The number of aryl methyl sites for hydroxylation is 1. The zero-order chi connectivity index (χ0) is 24.2. The highest BCUT2D eigenvalue weighted by molar-refractivity contribution is 9.10. The summed E-state index contributed by atoms with van der Waals surface area (Å²) in [5.41, 5.74) is 1.28. The molecule has 0 amide bonds. The van der Waals surface area contributed by atoms with Crippen molar-refractivity contribution in [3.63, 3.8) is 0 Å². The molecule has 3 aromatic carbocycles. The summed E-state index contributed by atoms with van der Waals surface area (Å²) in [5, 5.41) is 5.36. The summed E-state index contributed by atoms with van der Waals surface area (Å²) in [7, 11) is 0. The van der Waals surface area contributed by atoms with Crippen molar-refractivity contribution in [3.05, 3.63) is 102 Å². The van der Waals surface area contributed by atoms with Crippen LogP contribution in [0.2, 0.25) is 5.02 Å². The number of benzene rings is 3. The summed E-state index contributed by atoms with van der Waals surface area (Å²) in [5.74, 6) is 0.624. The molecule has 1 heterocycles. The third kappa shape index (κ3) is 5.40. The SMILES string of the molecule is CCCc1nc2ccc(Br)cc2c(=O)n1N=Cc1cc(Cl)cc(Br)c1OCc1ccccc1F. The van der Waals surface area contributed by atoms with Gasteiger partial charge >= 0.3 is 0 Å². The first kappa shape index (κ1) is 24.6. The molecule has 0 saturated heterocycles. The van der Waals surface area contributed by atoms with Gasteiger partial charge in [0, 0.05) is 27.0 Å². The van der Waals surface area contributed by atoms with Crippen molar-refractivity contribution in [2.24, 2.45) is 5.10 Å². The molecular formula is C25H19Br2ClFN3O2. The second kappa shape index (κ2) is 10.8. The molecular weight excluding hydrogens is 589 g/mol. The molecule has 174 valence electrons. The lowest BCUT2D eigenvalue weighted by Crippen LogP contribution is -2.22. The van der Waals surface area contributed by atoms with Crippen molar-refractivity contribution in [2.45, 2.75) is 26.4 Å². The maximum atomic E-state index is 14.1. The topological polar surface area (TPSA) is 56.5 Å². The molecule has 0 saturated carbocycles. The van der Waals surface area contributed by atoms with E-state index >= 15 is 0 Å². The molecule has 1 aromatic heterocycles. The zero-order valence-electron chi connectivity index (χ0n) is 18.1. The second-order valence-electron chi connectivity index (χ2n) is 7.49. The molecule has 0 aliphatic carbocycles. The first-order chi connectivity index (χ1) is 16.4. The van der Waals surface area contributed by atoms with Gasteiger partial charge in [0.05, 0.1) is 21.6 Å². The van der Waals surface area contributed by atoms with Crippen LogP contribution in [-0.4, -0.2) is 15.9 Å². The molecule has 0 unspecified atom stereocenters. The fourth-order valence-electron chi connectivity index (χ4n) is 3.41. The third-order valence-corrected chi connectivity index (χ3v) is 6.33. The number of halogens is 4. The number of fused-ring (bicyclic) bond motifs is 1. The van der Waals surface area contributed by atoms with Crippen LogP contribution < -0.4 is 10.3 Å². The van der Waals surface area contributed by atoms with Gasteiger partial charge in [-0.3, -0.25) is 4.79 Å². The molecule has 9 heteroatoms. The van der Waals surface area contributed by atoms with Gasteiger partial charge in [-0.1, -0.05) is 52.7 Å². The molecule has 0 aliphatic heterocycles. The summed E-state index contributed by atoms with van der Waals surface area (Å²) in [4.78, 5) is 17.9. The van der Waals surface area contributed by atoms with E-state index in [1.165, 1.54) is 17.0 Å². The van der Waals surface area contributed by atoms with Crippen LogP contribution in [0.3, 0.4) is 0 Å². The Balaban J connectivity index is 1.76. The van der Waals surface area contributed by atoms with Gasteiger partial charge in [0.2, 0.25) is 0 Å². The Kier molecular flexibility index (Phi) is 7.80. The molecule has 0 spiro atoms. The van der Waals surface area contributed by atoms with Crippen LogP contribution in [-0.2, 0) is 13.0 Å². The van der Waals surface area contributed by atoms with Crippen LogP contribution in [0, 0.1) is 5.82 Å². The summed E-state index contributed by atoms with van der Waals surface area (Å²) in [6.45, 7) is 2.02. The van der Waals surface area contributed by atoms with Gasteiger partial charge in [0.25, 0.3) is 5.56 Å². The summed E-state index contributed by atoms with van der Waals surface area (Å²) in [6.07, 6.45) is 2.87. The Bertz CT molecular complexity index is 1460. The predicted molar refractivity (Wildman–Crippen MR) is 141 cm³/mol. The lowest BCUT2D eigenvalue weighted by molar-refractivity contribution is 0.297. The molecule has 34 heavy (non-hydrogen) atoms. The van der Waals surface area contributed by atoms with Gasteiger partial charge in [-0.2, -0.15) is 9.78 Å². The highest BCUT2D eigenvalue weighted by Crippen LogP contribution is 2.33. The maximum Gasteiger partial charge on any atom is 0.282 e. The van der Waals surface area contributed by atoms with E-state index in [2.05, 4.69) is 41.9 Å². The second-order valence-corrected chi connectivity index (χ2v) is 9.69. The number of hydrogen-bond acceptors (Lipinski definition) is 4. The van der Waals surface area contributed by atoms with Gasteiger partial charge in [-0.05, 0) is 58.7 Å². The van der Waals surface area contributed by atoms with Crippen LogP contribution in [0.15, 0.2) is 73.4 Å². The molecule has 4 aromatic rings. The largest absolute Gasteiger partial charge is 0.487 e. The predicted octanol–water partition coefficient (Wildman–Crippen LogP) is 7.13. The van der Waals surface area contributed by atoms with E-state index in [0.717, 1.165) is 10.9 Å². The Morgan fingerprint density at radius 1 is 1.18 bits per heavy atom. The average Bonchev–Trinajstić information content (AvgIpc) is 2.80. The Morgan fingerprint density at radius 3 is 2.74 bits per heavy atom. The molecule has 0 bridgehead atoms. The standard InChI is InChI=1S/C25H19Br2ClFN3O2/c1-2-5-23-31-22-9-8-17(26)11-19(22)25(33)32(23)30-13-16-10-18(28)12-20(27)24(16)34-14-15-6-3-4-7-21(15)29/h3-4,6-13H,2,5,14H2,1H3. The van der Waals surface area contributed by atoms with Gasteiger partial charge in [-0.25, -0.2) is 9.37 Å². The van der Waals surface area contributed by atoms with Crippen LogP contribution >= 0.6 is 43.5 Å². The van der Waals surface area contributed by atoms with Crippen molar-refractivity contribution in [3.8, 4) is 5.75 Å². The quantitative estimate of drug-likeness (QED) is 0.210. The van der Waals surface area contributed by atoms with E-state index in [9.17, 15) is 9.18 Å². The summed E-state index contributed by atoms with van der Waals surface area (Å²) >= 11 is 13.1. The van der Waals surface area contributed by atoms with Crippen molar-refractivity contribution >= 4 is 60.6 Å². The van der Waals surface area contributed by atoms with Gasteiger partial charge in [0.1, 0.15) is 24.0 Å². The number of aromatic nitrogens is 2. The maximum absolute atomic E-state index is 14.1. The van der Waals surface area contributed by atoms with E-state index in [0.29, 0.717) is 49.5 Å². The summed E-state index contributed by atoms with van der Waals surface area (Å²) in [6, 6.07) is 15.1. The van der Waals surface area contributed by atoms with Gasteiger partial charge in [0.15, 0.2) is 0 Å². The monoisotopic (exact) mass is 605 g/mol. The van der Waals surface area contributed by atoms with E-state index in [4.69, 9.17) is 16.3 Å². The normalized spacial score (nSPS) is 11.4. The number of rotatable bonds is 7. The van der Waals surface area contributed by atoms with Crippen LogP contribution in [0.25, 0.3) is 10.9 Å². The van der Waals surface area contributed by atoms with E-state index in [-0.39, 0.29) is 18.0 Å². The van der Waals surface area contributed by atoms with Crippen molar-refractivity contribution in [1.29, 1.82) is 0 Å². The molecule has 0 N–H and O–H groups in total. The molecule has 5 nitrogen and oxygen atoms in total. The van der Waals surface area contributed by atoms with Gasteiger partial charge in [-0.15, -0.1) is 0 Å². The fraction of sp³-hybridized carbons (Fsp3) is 0.160. The lowest BCUT2D eigenvalue weighted by atomic mass is 10.2. The Labute approximate surface area is 217 Å². The first-order valence-electron chi connectivity index (χ1n) is 10.5. The number of ether oxygens (including phenoxy) is 1. The third-order valence-electron chi connectivity index (χ3n) is 5.03. The number of hydrogen-bond donors (Lipinski definition) is 0. The van der Waals surface area contributed by atoms with Crippen molar-refractivity contribution < 1.29 is 9.13 Å². The van der Waals surface area contributed by atoms with Crippen molar-refractivity contribution in [1.82, 2.24) is 9.66 Å². The van der Waals surface area contributed by atoms with E-state index in [1.54, 1.807) is 42.5 Å². The fourth-order valence-corrected chi connectivity index (χ4v) is 4.72. The highest BCUT2D eigenvalue weighted by Gasteiger charge is 2.13. The minimum Gasteiger partial charge on any atom is -0.487 e. The van der Waals surface area contributed by atoms with E-state index in [1.807, 2.05) is 13.0 Å². The van der Waals surface area contributed by atoms with Crippen LogP contribution in [0.5, 0.6) is 5.75 Å². The molecule has 0 atom stereocenters. The average molecular weight is 608 g/mol. The van der Waals surface area contributed by atoms with Crippen molar-refractivity contribution in [2.75, 3.05) is 0 Å². The smallest absolute Gasteiger partial charge is 0.282 e. The molecule has 4 rings (SSSR count). The molecule has 0 aliphatic rings. The minimum absolute atomic E-state index is 0.0142. The van der Waals surface area contributed by atoms with Crippen LogP contribution in [0.1, 0.15) is 30.3 Å². The lowest BCUT2D eigenvalue weighted by Gasteiger charge is -2.13. The summed E-state index contributed by atoms with van der Waals surface area (Å²) < 4.78 is 22.6. The molecule has 0 radical (unpaired) electrons. The van der Waals surface area contributed by atoms with Crippen LogP contribution in [0.4, 0.5) is 4.39 Å². The molecule has 0 fully saturated rings. The Hall–Kier alpha value is -2.55. The van der Waals surface area contributed by atoms with E-state index < -0.39 is 0 Å². The minimum atomic E-state index is -0.355. The zero-order valence-corrected chi connectivity index (χ0v) is 22.0. The first-order valence-corrected chi connectivity index (χ1v) is 12.4. The Morgan fingerprint density at radius 2 is 1.97 bits per heavy atom.